The molecule has 1 aliphatic heterocycles. The molecule has 136 valence electrons. The SMILES string of the molecule is Cc1ccccc1N1CCN(c2cc(C(=O)NC3CC3)ccn2)C(C)C1. The van der Waals surface area contributed by atoms with Gasteiger partial charge in [0.25, 0.3) is 5.91 Å². The maximum Gasteiger partial charge on any atom is 0.251 e. The smallest absolute Gasteiger partial charge is 0.251 e. The van der Waals surface area contributed by atoms with Crippen LogP contribution in [-0.2, 0) is 0 Å². The van der Waals surface area contributed by atoms with Gasteiger partial charge in [-0.1, -0.05) is 18.2 Å². The number of amides is 1. The second kappa shape index (κ2) is 6.98. The summed E-state index contributed by atoms with van der Waals surface area (Å²) in [7, 11) is 0. The van der Waals surface area contributed by atoms with Crippen LogP contribution in [0.2, 0.25) is 0 Å². The number of aromatic nitrogens is 1. The summed E-state index contributed by atoms with van der Waals surface area (Å²) in [6.07, 6.45) is 3.95. The van der Waals surface area contributed by atoms with Crippen molar-refractivity contribution in [3.63, 3.8) is 0 Å². The lowest BCUT2D eigenvalue weighted by atomic mass is 10.1. The number of piperazine rings is 1. The highest BCUT2D eigenvalue weighted by molar-refractivity contribution is 5.95. The molecule has 2 aliphatic rings. The van der Waals surface area contributed by atoms with E-state index >= 15 is 0 Å². The Morgan fingerprint density at radius 3 is 2.73 bits per heavy atom. The predicted molar refractivity (Wildman–Crippen MR) is 105 cm³/mol. The van der Waals surface area contributed by atoms with Crippen LogP contribution in [0.15, 0.2) is 42.6 Å². The minimum Gasteiger partial charge on any atom is -0.367 e. The van der Waals surface area contributed by atoms with Crippen molar-refractivity contribution in [2.45, 2.75) is 38.8 Å². The molecule has 5 nitrogen and oxygen atoms in total. The number of rotatable bonds is 4. The van der Waals surface area contributed by atoms with Crippen molar-refractivity contribution in [3.8, 4) is 0 Å². The number of benzene rings is 1. The third kappa shape index (κ3) is 3.52. The fraction of sp³-hybridized carbons (Fsp3) is 0.429. The zero-order valence-electron chi connectivity index (χ0n) is 15.5. The number of nitrogens with one attached hydrogen (secondary N) is 1. The maximum atomic E-state index is 12.3. The van der Waals surface area contributed by atoms with E-state index in [1.54, 1.807) is 12.3 Å². The summed E-state index contributed by atoms with van der Waals surface area (Å²) in [6.45, 7) is 7.19. The molecule has 1 saturated carbocycles. The predicted octanol–water partition coefficient (Wildman–Crippen LogP) is 3.00. The number of hydrogen-bond donors (Lipinski definition) is 1. The summed E-state index contributed by atoms with van der Waals surface area (Å²) in [4.78, 5) is 21.6. The molecule has 1 aromatic heterocycles. The lowest BCUT2D eigenvalue weighted by Crippen LogP contribution is -2.52. The fourth-order valence-corrected chi connectivity index (χ4v) is 3.65. The van der Waals surface area contributed by atoms with Gasteiger partial charge in [-0.3, -0.25) is 4.79 Å². The van der Waals surface area contributed by atoms with Crippen LogP contribution in [0.4, 0.5) is 11.5 Å². The molecule has 4 rings (SSSR count). The average molecular weight is 350 g/mol. The minimum absolute atomic E-state index is 0.0161. The van der Waals surface area contributed by atoms with E-state index in [2.05, 4.69) is 58.2 Å². The molecule has 0 spiro atoms. The summed E-state index contributed by atoms with van der Waals surface area (Å²) in [6, 6.07) is 13.0. The van der Waals surface area contributed by atoms with Crippen LogP contribution in [0.1, 0.15) is 35.7 Å². The quantitative estimate of drug-likeness (QED) is 0.921. The van der Waals surface area contributed by atoms with Crippen molar-refractivity contribution in [3.05, 3.63) is 53.7 Å². The summed E-state index contributed by atoms with van der Waals surface area (Å²) < 4.78 is 0. The topological polar surface area (TPSA) is 48.5 Å². The van der Waals surface area contributed by atoms with Crippen molar-refractivity contribution >= 4 is 17.4 Å². The lowest BCUT2D eigenvalue weighted by Gasteiger charge is -2.42. The van der Waals surface area contributed by atoms with Crippen LogP contribution in [0.25, 0.3) is 0 Å². The van der Waals surface area contributed by atoms with E-state index in [4.69, 9.17) is 0 Å². The Morgan fingerprint density at radius 2 is 2.00 bits per heavy atom. The molecule has 2 aromatic rings. The summed E-state index contributed by atoms with van der Waals surface area (Å²) in [5.41, 5.74) is 3.32. The molecule has 26 heavy (non-hydrogen) atoms. The monoisotopic (exact) mass is 350 g/mol. The van der Waals surface area contributed by atoms with E-state index in [1.807, 2.05) is 6.07 Å². The number of carbonyl (C=O) groups is 1. The highest BCUT2D eigenvalue weighted by Gasteiger charge is 2.27. The van der Waals surface area contributed by atoms with Crippen LogP contribution >= 0.6 is 0 Å². The number of pyridine rings is 1. The Hall–Kier alpha value is -2.56. The first kappa shape index (κ1) is 16.9. The van der Waals surface area contributed by atoms with Crippen molar-refractivity contribution in [2.75, 3.05) is 29.4 Å². The highest BCUT2D eigenvalue weighted by atomic mass is 16.1. The summed E-state index contributed by atoms with van der Waals surface area (Å²) >= 11 is 0. The van der Waals surface area contributed by atoms with Gasteiger partial charge in [-0.05, 0) is 50.5 Å². The third-order valence-corrected chi connectivity index (χ3v) is 5.30. The largest absolute Gasteiger partial charge is 0.367 e. The Balaban J connectivity index is 1.47. The minimum atomic E-state index is 0.0161. The Morgan fingerprint density at radius 1 is 1.19 bits per heavy atom. The van der Waals surface area contributed by atoms with Gasteiger partial charge in [0.05, 0.1) is 0 Å². The zero-order valence-corrected chi connectivity index (χ0v) is 15.5. The van der Waals surface area contributed by atoms with Gasteiger partial charge in [0.15, 0.2) is 0 Å². The number of hydrogen-bond acceptors (Lipinski definition) is 4. The van der Waals surface area contributed by atoms with E-state index in [1.165, 1.54) is 11.3 Å². The Labute approximate surface area is 155 Å². The Kier molecular flexibility index (Phi) is 4.53. The molecule has 1 aromatic carbocycles. The maximum absolute atomic E-state index is 12.3. The number of anilines is 2. The molecule has 1 atom stereocenters. The number of carbonyl (C=O) groups excluding carboxylic acids is 1. The molecule has 0 radical (unpaired) electrons. The molecule has 5 heteroatoms. The van der Waals surface area contributed by atoms with Gasteiger partial charge in [0.1, 0.15) is 5.82 Å². The third-order valence-electron chi connectivity index (χ3n) is 5.30. The second-order valence-electron chi connectivity index (χ2n) is 7.43. The molecule has 1 amide bonds. The molecule has 0 bridgehead atoms. The first-order valence-electron chi connectivity index (χ1n) is 9.46. The van der Waals surface area contributed by atoms with E-state index in [0.29, 0.717) is 17.6 Å². The van der Waals surface area contributed by atoms with Crippen LogP contribution in [0, 0.1) is 6.92 Å². The molecule has 2 heterocycles. The molecule has 1 aliphatic carbocycles. The highest BCUT2D eigenvalue weighted by Crippen LogP contribution is 2.26. The van der Waals surface area contributed by atoms with Crippen molar-refractivity contribution in [1.82, 2.24) is 10.3 Å². The van der Waals surface area contributed by atoms with E-state index in [-0.39, 0.29) is 5.91 Å². The molecule has 2 fully saturated rings. The van der Waals surface area contributed by atoms with Gasteiger partial charge in [-0.25, -0.2) is 4.98 Å². The second-order valence-corrected chi connectivity index (χ2v) is 7.43. The van der Waals surface area contributed by atoms with Gasteiger partial charge in [-0.15, -0.1) is 0 Å². The lowest BCUT2D eigenvalue weighted by molar-refractivity contribution is 0.0951. The zero-order chi connectivity index (χ0) is 18.1. The summed E-state index contributed by atoms with van der Waals surface area (Å²) in [5, 5.41) is 3.05. The molecule has 1 N–H and O–H groups in total. The van der Waals surface area contributed by atoms with E-state index < -0.39 is 0 Å². The van der Waals surface area contributed by atoms with Gasteiger partial charge >= 0.3 is 0 Å². The first-order chi connectivity index (χ1) is 12.6. The molecular formula is C21H26N4O. The number of para-hydroxylation sites is 1. The fourth-order valence-electron chi connectivity index (χ4n) is 3.65. The van der Waals surface area contributed by atoms with Gasteiger partial charge in [0, 0.05) is 49.2 Å². The number of nitrogens with zero attached hydrogens (tertiary/aromatic N) is 3. The van der Waals surface area contributed by atoms with Crippen LogP contribution < -0.4 is 15.1 Å². The number of aryl methyl sites for hydroxylation is 1. The van der Waals surface area contributed by atoms with Crippen molar-refractivity contribution < 1.29 is 4.79 Å². The van der Waals surface area contributed by atoms with Crippen LogP contribution in [0.3, 0.4) is 0 Å². The standard InChI is InChI=1S/C21H26N4O/c1-15-5-3-4-6-19(15)24-11-12-25(16(2)14-24)20-13-17(9-10-22-20)21(26)23-18-7-8-18/h3-6,9-10,13,16,18H,7-8,11-12,14H2,1-2H3,(H,23,26). The molecule has 1 saturated heterocycles. The van der Waals surface area contributed by atoms with Crippen LogP contribution in [0.5, 0.6) is 0 Å². The Bertz CT molecular complexity index is 802. The van der Waals surface area contributed by atoms with Crippen LogP contribution in [-0.4, -0.2) is 42.6 Å². The first-order valence-corrected chi connectivity index (χ1v) is 9.46. The van der Waals surface area contributed by atoms with Gasteiger partial charge in [-0.2, -0.15) is 0 Å². The van der Waals surface area contributed by atoms with Crippen molar-refractivity contribution in [2.24, 2.45) is 0 Å². The van der Waals surface area contributed by atoms with Gasteiger partial charge in [0.2, 0.25) is 0 Å². The normalized spacial score (nSPS) is 20.2. The van der Waals surface area contributed by atoms with Crippen molar-refractivity contribution in [1.29, 1.82) is 0 Å². The molecular weight excluding hydrogens is 324 g/mol. The van der Waals surface area contributed by atoms with E-state index in [9.17, 15) is 4.79 Å². The molecule has 1 unspecified atom stereocenters. The summed E-state index contributed by atoms with van der Waals surface area (Å²) in [5.74, 6) is 0.910. The van der Waals surface area contributed by atoms with Gasteiger partial charge < -0.3 is 15.1 Å². The average Bonchev–Trinajstić information content (AvgIpc) is 3.46. The van der Waals surface area contributed by atoms with E-state index in [0.717, 1.165) is 38.3 Å².